The molecular formula is C15H18BrN3O. The molecule has 5 heteroatoms. The Labute approximate surface area is 127 Å². The van der Waals surface area contributed by atoms with Crippen LogP contribution in [0.2, 0.25) is 0 Å². The molecule has 0 aliphatic heterocycles. The first-order valence-corrected chi connectivity index (χ1v) is 7.37. The average Bonchev–Trinajstić information content (AvgIpc) is 2.41. The molecule has 1 aromatic heterocycles. The summed E-state index contributed by atoms with van der Waals surface area (Å²) in [7, 11) is 0. The van der Waals surface area contributed by atoms with Crippen molar-refractivity contribution >= 4 is 21.7 Å². The van der Waals surface area contributed by atoms with Gasteiger partial charge in [0.1, 0.15) is 0 Å². The van der Waals surface area contributed by atoms with Crippen LogP contribution < -0.4 is 10.9 Å². The molecule has 1 heterocycles. The van der Waals surface area contributed by atoms with Gasteiger partial charge in [0.2, 0.25) is 0 Å². The third-order valence-electron chi connectivity index (χ3n) is 3.15. The van der Waals surface area contributed by atoms with E-state index in [4.69, 9.17) is 0 Å². The Bertz CT molecular complexity index is 634. The molecule has 1 N–H and O–H groups in total. The molecule has 1 unspecified atom stereocenters. The fourth-order valence-electron chi connectivity index (χ4n) is 1.97. The zero-order valence-electron chi connectivity index (χ0n) is 11.8. The number of halogens is 1. The maximum atomic E-state index is 12.3. The van der Waals surface area contributed by atoms with Gasteiger partial charge >= 0.3 is 0 Å². The van der Waals surface area contributed by atoms with Gasteiger partial charge in [0.25, 0.3) is 5.56 Å². The fraction of sp³-hybridized carbons (Fsp3) is 0.333. The van der Waals surface area contributed by atoms with Crippen molar-refractivity contribution in [3.63, 3.8) is 0 Å². The summed E-state index contributed by atoms with van der Waals surface area (Å²) in [6, 6.07) is 8.15. The number of nitrogens with zero attached hydrogens (tertiary/aromatic N) is 2. The molecule has 0 amide bonds. The third kappa shape index (κ3) is 3.28. The minimum absolute atomic E-state index is 0.0197. The van der Waals surface area contributed by atoms with Crippen molar-refractivity contribution in [2.45, 2.75) is 32.9 Å². The molecule has 20 heavy (non-hydrogen) atoms. The molecule has 0 fully saturated rings. The van der Waals surface area contributed by atoms with Gasteiger partial charge in [0.15, 0.2) is 5.82 Å². The lowest BCUT2D eigenvalue weighted by Gasteiger charge is -2.16. The number of hydrogen-bond donors (Lipinski definition) is 1. The minimum atomic E-state index is -0.0912. The molecule has 1 atom stereocenters. The van der Waals surface area contributed by atoms with E-state index in [0.29, 0.717) is 5.82 Å². The van der Waals surface area contributed by atoms with E-state index in [9.17, 15) is 4.79 Å². The molecule has 0 spiro atoms. The van der Waals surface area contributed by atoms with Gasteiger partial charge in [0.05, 0.1) is 6.04 Å². The predicted octanol–water partition coefficient (Wildman–Crippen LogP) is 3.76. The number of aromatic nitrogens is 2. The van der Waals surface area contributed by atoms with Gasteiger partial charge < -0.3 is 9.88 Å². The van der Waals surface area contributed by atoms with E-state index in [1.165, 1.54) is 0 Å². The van der Waals surface area contributed by atoms with E-state index in [1.54, 1.807) is 17.0 Å². The highest BCUT2D eigenvalue weighted by atomic mass is 79.9. The summed E-state index contributed by atoms with van der Waals surface area (Å²) >= 11 is 3.41. The van der Waals surface area contributed by atoms with Crippen molar-refractivity contribution in [2.75, 3.05) is 5.32 Å². The van der Waals surface area contributed by atoms with Crippen LogP contribution in [0, 0.1) is 0 Å². The predicted molar refractivity (Wildman–Crippen MR) is 85.1 cm³/mol. The molecule has 0 aliphatic rings. The summed E-state index contributed by atoms with van der Waals surface area (Å²) in [5.41, 5.74) is 1.01. The molecule has 0 aliphatic carbocycles. The highest BCUT2D eigenvalue weighted by molar-refractivity contribution is 9.10. The molecule has 0 saturated carbocycles. The summed E-state index contributed by atoms with van der Waals surface area (Å²) in [5.74, 6) is 0.386. The standard InChI is InChI=1S/C15H18BrN3O/c1-10(2)19-9-8-17-14(15(19)20)18-11(3)12-4-6-13(16)7-5-12/h4-11H,1-3H3,(H,17,18). The molecule has 2 rings (SSSR count). The van der Waals surface area contributed by atoms with E-state index >= 15 is 0 Å². The summed E-state index contributed by atoms with van der Waals surface area (Å²) < 4.78 is 2.71. The van der Waals surface area contributed by atoms with Crippen LogP contribution in [-0.4, -0.2) is 9.55 Å². The molecule has 0 radical (unpaired) electrons. The second-order valence-electron chi connectivity index (χ2n) is 5.00. The smallest absolute Gasteiger partial charge is 0.293 e. The van der Waals surface area contributed by atoms with Crippen molar-refractivity contribution in [1.82, 2.24) is 9.55 Å². The molecular weight excluding hydrogens is 318 g/mol. The maximum Gasteiger partial charge on any atom is 0.293 e. The molecule has 2 aromatic rings. The first-order valence-electron chi connectivity index (χ1n) is 6.58. The number of anilines is 1. The average molecular weight is 336 g/mol. The Hall–Kier alpha value is -1.62. The van der Waals surface area contributed by atoms with Gasteiger partial charge in [-0.05, 0) is 38.5 Å². The molecule has 0 bridgehead atoms. The van der Waals surface area contributed by atoms with Gasteiger partial charge in [0, 0.05) is 22.9 Å². The monoisotopic (exact) mass is 335 g/mol. The Kier molecular flexibility index (Phi) is 4.60. The minimum Gasteiger partial charge on any atom is -0.359 e. The normalized spacial score (nSPS) is 12.4. The summed E-state index contributed by atoms with van der Waals surface area (Å²) in [6.07, 6.45) is 3.36. The van der Waals surface area contributed by atoms with Crippen molar-refractivity contribution in [3.8, 4) is 0 Å². The van der Waals surface area contributed by atoms with Crippen LogP contribution in [0.5, 0.6) is 0 Å². The van der Waals surface area contributed by atoms with E-state index in [2.05, 4.69) is 26.2 Å². The highest BCUT2D eigenvalue weighted by Crippen LogP contribution is 2.19. The Morgan fingerprint density at radius 2 is 1.85 bits per heavy atom. The quantitative estimate of drug-likeness (QED) is 0.925. The van der Waals surface area contributed by atoms with E-state index in [1.807, 2.05) is 45.0 Å². The number of benzene rings is 1. The van der Waals surface area contributed by atoms with Crippen LogP contribution in [0.1, 0.15) is 38.4 Å². The zero-order valence-corrected chi connectivity index (χ0v) is 13.4. The van der Waals surface area contributed by atoms with Crippen LogP contribution in [0.15, 0.2) is 45.9 Å². The number of nitrogens with one attached hydrogen (secondary N) is 1. The van der Waals surface area contributed by atoms with Crippen molar-refractivity contribution in [3.05, 3.63) is 57.0 Å². The van der Waals surface area contributed by atoms with Gasteiger partial charge in [-0.2, -0.15) is 0 Å². The van der Waals surface area contributed by atoms with E-state index in [-0.39, 0.29) is 17.6 Å². The highest BCUT2D eigenvalue weighted by Gasteiger charge is 2.11. The van der Waals surface area contributed by atoms with Crippen LogP contribution in [0.25, 0.3) is 0 Å². The Morgan fingerprint density at radius 3 is 2.45 bits per heavy atom. The first kappa shape index (κ1) is 14.8. The van der Waals surface area contributed by atoms with Gasteiger partial charge in [-0.3, -0.25) is 4.79 Å². The SMILES string of the molecule is CC(Nc1nccn(C(C)C)c1=O)c1ccc(Br)cc1. The second kappa shape index (κ2) is 6.22. The molecule has 4 nitrogen and oxygen atoms in total. The van der Waals surface area contributed by atoms with E-state index in [0.717, 1.165) is 10.0 Å². The van der Waals surface area contributed by atoms with E-state index < -0.39 is 0 Å². The van der Waals surface area contributed by atoms with Gasteiger partial charge in [-0.25, -0.2) is 4.98 Å². The summed E-state index contributed by atoms with van der Waals surface area (Å²) in [5, 5.41) is 3.18. The number of rotatable bonds is 4. The van der Waals surface area contributed by atoms with Crippen LogP contribution in [0.3, 0.4) is 0 Å². The first-order chi connectivity index (χ1) is 9.49. The summed E-state index contributed by atoms with van der Waals surface area (Å²) in [6.45, 7) is 5.96. The maximum absolute atomic E-state index is 12.3. The van der Waals surface area contributed by atoms with Crippen molar-refractivity contribution in [2.24, 2.45) is 0 Å². The van der Waals surface area contributed by atoms with Crippen LogP contribution in [0.4, 0.5) is 5.82 Å². The molecule has 1 aromatic carbocycles. The lowest BCUT2D eigenvalue weighted by atomic mass is 10.1. The third-order valence-corrected chi connectivity index (χ3v) is 3.68. The summed E-state index contributed by atoms with van der Waals surface area (Å²) in [4.78, 5) is 16.4. The van der Waals surface area contributed by atoms with Crippen molar-refractivity contribution < 1.29 is 0 Å². The second-order valence-corrected chi connectivity index (χ2v) is 5.92. The zero-order chi connectivity index (χ0) is 14.7. The largest absolute Gasteiger partial charge is 0.359 e. The fourth-order valence-corrected chi connectivity index (χ4v) is 2.23. The number of hydrogen-bond acceptors (Lipinski definition) is 3. The van der Waals surface area contributed by atoms with Crippen LogP contribution >= 0.6 is 15.9 Å². The molecule has 0 saturated heterocycles. The lowest BCUT2D eigenvalue weighted by molar-refractivity contribution is 0.574. The van der Waals surface area contributed by atoms with Gasteiger partial charge in [-0.1, -0.05) is 28.1 Å². The van der Waals surface area contributed by atoms with Crippen LogP contribution in [-0.2, 0) is 0 Å². The van der Waals surface area contributed by atoms with Crippen molar-refractivity contribution in [1.29, 1.82) is 0 Å². The Balaban J connectivity index is 2.24. The van der Waals surface area contributed by atoms with Gasteiger partial charge in [-0.15, -0.1) is 0 Å². The Morgan fingerprint density at radius 1 is 1.20 bits per heavy atom. The topological polar surface area (TPSA) is 46.9 Å². The molecule has 106 valence electrons. The lowest BCUT2D eigenvalue weighted by Crippen LogP contribution is -2.26.